The maximum atomic E-state index is 12.1. The molecule has 2 amide bonds. The minimum atomic E-state index is -0.275. The van der Waals surface area contributed by atoms with Gasteiger partial charge in [-0.25, -0.2) is 9.78 Å². The summed E-state index contributed by atoms with van der Waals surface area (Å²) in [5.41, 5.74) is 2.89. The normalized spacial score (nSPS) is 12.2. The number of carbonyl (C=O) groups excluding carboxylic acids is 1. The van der Waals surface area contributed by atoms with Gasteiger partial charge in [-0.15, -0.1) is 23.1 Å². The second-order valence-corrected chi connectivity index (χ2v) is 7.12. The van der Waals surface area contributed by atoms with Crippen molar-refractivity contribution >= 4 is 39.9 Å². The fourth-order valence-electron chi connectivity index (χ4n) is 2.43. The van der Waals surface area contributed by atoms with Gasteiger partial charge >= 0.3 is 6.03 Å². The molecule has 2 heterocycles. The number of nitrogens with zero attached hydrogens (tertiary/aromatic N) is 1. The van der Waals surface area contributed by atoms with Gasteiger partial charge in [0.1, 0.15) is 0 Å². The Labute approximate surface area is 142 Å². The number of aromatic nitrogens is 1. The minimum absolute atomic E-state index is 0.275. The van der Waals surface area contributed by atoms with Crippen LogP contribution in [0.1, 0.15) is 4.88 Å². The van der Waals surface area contributed by atoms with E-state index in [1.165, 1.54) is 21.1 Å². The predicted octanol–water partition coefficient (Wildman–Crippen LogP) is 5.06. The molecule has 0 bridgehead atoms. The molecule has 2 N–H and O–H groups in total. The third-order valence-electron chi connectivity index (χ3n) is 3.45. The lowest BCUT2D eigenvalue weighted by Gasteiger charge is -2.13. The Bertz CT molecular complexity index is 861. The van der Waals surface area contributed by atoms with Crippen LogP contribution in [0.3, 0.4) is 0 Å². The molecule has 1 aliphatic rings. The Morgan fingerprint density at radius 1 is 1.00 bits per heavy atom. The SMILES string of the molecule is O=C(Nc1ccccc1)Nc1nc2c(s1)CSc1ccccc1-2. The molecule has 23 heavy (non-hydrogen) atoms. The first-order chi connectivity index (χ1) is 11.3. The highest BCUT2D eigenvalue weighted by atomic mass is 32.2. The van der Waals surface area contributed by atoms with Crippen molar-refractivity contribution in [1.82, 2.24) is 4.98 Å². The van der Waals surface area contributed by atoms with Crippen molar-refractivity contribution in [1.29, 1.82) is 0 Å². The average Bonchev–Trinajstić information content (AvgIpc) is 2.98. The fourth-order valence-corrected chi connectivity index (χ4v) is 4.52. The molecule has 1 aliphatic heterocycles. The molecule has 114 valence electrons. The zero-order valence-electron chi connectivity index (χ0n) is 12.1. The number of amides is 2. The standard InChI is InChI=1S/C17H13N3OS2/c21-16(18-11-6-2-1-3-7-11)20-17-19-15-12-8-4-5-9-13(12)22-10-14(15)23-17/h1-9H,10H2,(H2,18,19,20,21). The summed E-state index contributed by atoms with van der Waals surface area (Å²) in [5.74, 6) is 0.895. The van der Waals surface area contributed by atoms with Gasteiger partial charge in [-0.3, -0.25) is 5.32 Å². The summed E-state index contributed by atoms with van der Waals surface area (Å²) >= 11 is 3.34. The minimum Gasteiger partial charge on any atom is -0.308 e. The van der Waals surface area contributed by atoms with Crippen LogP contribution in [-0.2, 0) is 5.75 Å². The summed E-state index contributed by atoms with van der Waals surface area (Å²) < 4.78 is 0. The monoisotopic (exact) mass is 339 g/mol. The summed E-state index contributed by atoms with van der Waals surface area (Å²) in [6.07, 6.45) is 0. The van der Waals surface area contributed by atoms with Crippen molar-refractivity contribution < 1.29 is 4.79 Å². The van der Waals surface area contributed by atoms with E-state index < -0.39 is 0 Å². The van der Waals surface area contributed by atoms with E-state index in [1.807, 2.05) is 54.2 Å². The first kappa shape index (κ1) is 14.3. The molecule has 0 fully saturated rings. The van der Waals surface area contributed by atoms with E-state index in [2.05, 4.69) is 27.8 Å². The second kappa shape index (κ2) is 6.06. The molecule has 0 aliphatic carbocycles. The van der Waals surface area contributed by atoms with E-state index in [4.69, 9.17) is 0 Å². The Kier molecular flexibility index (Phi) is 3.77. The van der Waals surface area contributed by atoms with Gasteiger partial charge in [-0.2, -0.15) is 0 Å². The smallest absolute Gasteiger partial charge is 0.308 e. The van der Waals surface area contributed by atoms with Gasteiger partial charge < -0.3 is 5.32 Å². The van der Waals surface area contributed by atoms with Crippen molar-refractivity contribution in [2.45, 2.75) is 10.6 Å². The van der Waals surface area contributed by atoms with Crippen LogP contribution in [0.4, 0.5) is 15.6 Å². The lowest BCUT2D eigenvalue weighted by atomic mass is 10.1. The van der Waals surface area contributed by atoms with Crippen molar-refractivity contribution in [3.63, 3.8) is 0 Å². The van der Waals surface area contributed by atoms with Gasteiger partial charge in [0.05, 0.1) is 5.69 Å². The Balaban J connectivity index is 1.54. The third kappa shape index (κ3) is 2.95. The van der Waals surface area contributed by atoms with E-state index in [0.717, 1.165) is 22.7 Å². The number of rotatable bonds is 2. The first-order valence-electron chi connectivity index (χ1n) is 7.14. The fraction of sp³-hybridized carbons (Fsp3) is 0.0588. The Morgan fingerprint density at radius 3 is 2.65 bits per heavy atom. The summed E-state index contributed by atoms with van der Waals surface area (Å²) in [6.45, 7) is 0. The lowest BCUT2D eigenvalue weighted by Crippen LogP contribution is -2.19. The van der Waals surface area contributed by atoms with E-state index >= 15 is 0 Å². The van der Waals surface area contributed by atoms with Crippen LogP contribution < -0.4 is 10.6 Å². The first-order valence-corrected chi connectivity index (χ1v) is 8.95. The summed E-state index contributed by atoms with van der Waals surface area (Å²) in [4.78, 5) is 19.1. The zero-order chi connectivity index (χ0) is 15.6. The van der Waals surface area contributed by atoms with Gasteiger partial charge in [0.15, 0.2) is 5.13 Å². The van der Waals surface area contributed by atoms with E-state index in [0.29, 0.717) is 5.13 Å². The molecule has 0 spiro atoms. The van der Waals surface area contributed by atoms with E-state index in [-0.39, 0.29) is 6.03 Å². The number of para-hydroxylation sites is 1. The molecule has 3 aromatic rings. The van der Waals surface area contributed by atoms with Gasteiger partial charge in [0.2, 0.25) is 0 Å². The van der Waals surface area contributed by atoms with Crippen LogP contribution in [0, 0.1) is 0 Å². The number of fused-ring (bicyclic) bond motifs is 3. The molecular weight excluding hydrogens is 326 g/mol. The van der Waals surface area contributed by atoms with Crippen LogP contribution in [0.5, 0.6) is 0 Å². The number of carbonyl (C=O) groups is 1. The molecule has 0 unspecified atom stereocenters. The van der Waals surface area contributed by atoms with Gasteiger partial charge in [-0.1, -0.05) is 36.4 Å². The van der Waals surface area contributed by atoms with Crippen molar-refractivity contribution in [2.75, 3.05) is 10.6 Å². The number of thiazole rings is 1. The molecule has 1 aromatic heterocycles. The third-order valence-corrected chi connectivity index (χ3v) is 5.70. The van der Waals surface area contributed by atoms with Crippen LogP contribution in [0.2, 0.25) is 0 Å². The van der Waals surface area contributed by atoms with Crippen molar-refractivity contribution in [2.24, 2.45) is 0 Å². The maximum absolute atomic E-state index is 12.1. The number of thioether (sulfide) groups is 1. The highest BCUT2D eigenvalue weighted by Gasteiger charge is 2.21. The van der Waals surface area contributed by atoms with Gasteiger partial charge in [0.25, 0.3) is 0 Å². The number of hydrogen-bond acceptors (Lipinski definition) is 4. The van der Waals surface area contributed by atoms with E-state index in [9.17, 15) is 4.79 Å². The zero-order valence-corrected chi connectivity index (χ0v) is 13.7. The Morgan fingerprint density at radius 2 is 1.78 bits per heavy atom. The average molecular weight is 339 g/mol. The molecule has 0 atom stereocenters. The molecule has 2 aromatic carbocycles. The number of hydrogen-bond donors (Lipinski definition) is 2. The van der Waals surface area contributed by atoms with Crippen LogP contribution >= 0.6 is 23.1 Å². The summed E-state index contributed by atoms with van der Waals surface area (Å²) in [7, 11) is 0. The van der Waals surface area contributed by atoms with Crippen LogP contribution in [-0.4, -0.2) is 11.0 Å². The van der Waals surface area contributed by atoms with Crippen LogP contribution in [0.25, 0.3) is 11.3 Å². The second-order valence-electron chi connectivity index (χ2n) is 5.02. The number of urea groups is 1. The Hall–Kier alpha value is -2.31. The van der Waals surface area contributed by atoms with Gasteiger partial charge in [-0.05, 0) is 18.2 Å². The molecule has 4 nitrogen and oxygen atoms in total. The number of anilines is 2. The number of nitrogens with one attached hydrogen (secondary N) is 2. The van der Waals surface area contributed by atoms with E-state index in [1.54, 1.807) is 0 Å². The highest BCUT2D eigenvalue weighted by Crippen LogP contribution is 2.44. The van der Waals surface area contributed by atoms with Crippen LogP contribution in [0.15, 0.2) is 59.5 Å². The largest absolute Gasteiger partial charge is 0.325 e. The molecule has 0 saturated carbocycles. The molecule has 0 radical (unpaired) electrons. The maximum Gasteiger partial charge on any atom is 0.325 e. The lowest BCUT2D eigenvalue weighted by molar-refractivity contribution is 0.262. The van der Waals surface area contributed by atoms with Crippen molar-refractivity contribution in [3.8, 4) is 11.3 Å². The molecule has 0 saturated heterocycles. The molecule has 4 rings (SSSR count). The summed E-state index contributed by atoms with van der Waals surface area (Å²) in [6, 6.07) is 17.3. The summed E-state index contributed by atoms with van der Waals surface area (Å²) in [5, 5.41) is 6.25. The topological polar surface area (TPSA) is 54.0 Å². The van der Waals surface area contributed by atoms with Crippen molar-refractivity contribution in [3.05, 3.63) is 59.5 Å². The molecule has 6 heteroatoms. The molecular formula is C17H13N3OS2. The predicted molar refractivity (Wildman–Crippen MR) is 96.2 cm³/mol. The quantitative estimate of drug-likeness (QED) is 0.686. The van der Waals surface area contributed by atoms with Gasteiger partial charge in [0, 0.05) is 26.8 Å². The highest BCUT2D eigenvalue weighted by molar-refractivity contribution is 7.98. The number of benzene rings is 2.